The van der Waals surface area contributed by atoms with Crippen LogP contribution in [-0.4, -0.2) is 19.0 Å². The van der Waals surface area contributed by atoms with Crippen molar-refractivity contribution in [2.45, 2.75) is 26.3 Å². The van der Waals surface area contributed by atoms with Crippen LogP contribution < -0.4 is 10.6 Å². The molecule has 2 aromatic carbocycles. The van der Waals surface area contributed by atoms with Crippen molar-refractivity contribution in [1.82, 2.24) is 10.6 Å². The molecule has 22 heavy (non-hydrogen) atoms. The number of aliphatic imine (C=N–C) groups is 1. The first-order valence-corrected chi connectivity index (χ1v) is 7.89. The Hall–Kier alpha value is -2.29. The van der Waals surface area contributed by atoms with Gasteiger partial charge in [-0.25, -0.2) is 4.99 Å². The van der Waals surface area contributed by atoms with Gasteiger partial charge in [-0.2, -0.15) is 0 Å². The molecule has 1 aliphatic rings. The molecule has 0 radical (unpaired) electrons. The van der Waals surface area contributed by atoms with Gasteiger partial charge >= 0.3 is 0 Å². The lowest BCUT2D eigenvalue weighted by atomic mass is 9.93. The van der Waals surface area contributed by atoms with E-state index in [9.17, 15) is 0 Å². The predicted octanol–water partition coefficient (Wildman–Crippen LogP) is 3.14. The molecular formula is C19H23N3. The summed E-state index contributed by atoms with van der Waals surface area (Å²) in [6, 6.07) is 17.2. The first-order valence-electron chi connectivity index (χ1n) is 7.89. The third kappa shape index (κ3) is 3.30. The smallest absolute Gasteiger partial charge is 0.192 e. The SMILES string of the molecule is Cc1cccc(C(Cc2ccccc2)N=C2NCCN2)c1C. The fourth-order valence-corrected chi connectivity index (χ4v) is 2.87. The second-order valence-electron chi connectivity index (χ2n) is 5.83. The highest BCUT2D eigenvalue weighted by atomic mass is 15.2. The average molecular weight is 293 g/mol. The normalized spacial score (nSPS) is 15.1. The van der Waals surface area contributed by atoms with Crippen LogP contribution in [0.5, 0.6) is 0 Å². The zero-order valence-corrected chi connectivity index (χ0v) is 13.3. The maximum Gasteiger partial charge on any atom is 0.192 e. The van der Waals surface area contributed by atoms with E-state index in [1.807, 2.05) is 0 Å². The minimum absolute atomic E-state index is 0.135. The number of hydrogen-bond donors (Lipinski definition) is 2. The Labute approximate surface area is 132 Å². The molecular weight excluding hydrogens is 270 g/mol. The molecule has 0 aliphatic carbocycles. The Balaban J connectivity index is 1.95. The third-order valence-electron chi connectivity index (χ3n) is 4.27. The topological polar surface area (TPSA) is 36.4 Å². The molecule has 0 bridgehead atoms. The van der Waals surface area contributed by atoms with Gasteiger partial charge in [0.25, 0.3) is 0 Å². The monoisotopic (exact) mass is 293 g/mol. The van der Waals surface area contributed by atoms with Crippen LogP contribution in [0, 0.1) is 13.8 Å². The molecule has 1 atom stereocenters. The number of aryl methyl sites for hydroxylation is 1. The van der Waals surface area contributed by atoms with E-state index in [1.54, 1.807) is 0 Å². The number of hydrogen-bond acceptors (Lipinski definition) is 1. The summed E-state index contributed by atoms with van der Waals surface area (Å²) in [7, 11) is 0. The van der Waals surface area contributed by atoms with Crippen molar-refractivity contribution in [2.75, 3.05) is 13.1 Å². The van der Waals surface area contributed by atoms with E-state index in [2.05, 4.69) is 73.0 Å². The Kier molecular flexibility index (Phi) is 4.42. The van der Waals surface area contributed by atoms with Gasteiger partial charge in [-0.1, -0.05) is 48.5 Å². The number of guanidine groups is 1. The number of benzene rings is 2. The minimum Gasteiger partial charge on any atom is -0.355 e. The fourth-order valence-electron chi connectivity index (χ4n) is 2.87. The molecule has 3 rings (SSSR count). The van der Waals surface area contributed by atoms with Gasteiger partial charge in [0.05, 0.1) is 6.04 Å². The van der Waals surface area contributed by atoms with Gasteiger partial charge in [-0.05, 0) is 42.5 Å². The first-order chi connectivity index (χ1) is 10.7. The Bertz CT molecular complexity index is 654. The molecule has 1 heterocycles. The van der Waals surface area contributed by atoms with Crippen LogP contribution in [0.4, 0.5) is 0 Å². The minimum atomic E-state index is 0.135. The predicted molar refractivity (Wildman–Crippen MR) is 92.2 cm³/mol. The molecule has 114 valence electrons. The lowest BCUT2D eigenvalue weighted by molar-refractivity contribution is 0.710. The standard InChI is InChI=1S/C19H23N3/c1-14-7-6-10-17(15(14)2)18(22-19-20-11-12-21-19)13-16-8-4-3-5-9-16/h3-10,18H,11-13H2,1-2H3,(H2,20,21,22). The van der Waals surface area contributed by atoms with Gasteiger partial charge in [0.15, 0.2) is 5.96 Å². The van der Waals surface area contributed by atoms with Crippen LogP contribution >= 0.6 is 0 Å². The second-order valence-corrected chi connectivity index (χ2v) is 5.83. The summed E-state index contributed by atoms with van der Waals surface area (Å²) < 4.78 is 0. The molecule has 2 N–H and O–H groups in total. The summed E-state index contributed by atoms with van der Waals surface area (Å²) in [6.45, 7) is 6.25. The summed E-state index contributed by atoms with van der Waals surface area (Å²) in [6.07, 6.45) is 0.915. The highest BCUT2D eigenvalue weighted by Crippen LogP contribution is 2.27. The molecule has 3 nitrogen and oxygen atoms in total. The fraction of sp³-hybridized carbons (Fsp3) is 0.316. The van der Waals surface area contributed by atoms with Crippen LogP contribution in [-0.2, 0) is 6.42 Å². The average Bonchev–Trinajstić information content (AvgIpc) is 3.03. The van der Waals surface area contributed by atoms with Crippen LogP contribution in [0.3, 0.4) is 0 Å². The molecule has 0 saturated carbocycles. The molecule has 0 aromatic heterocycles. The summed E-state index contributed by atoms with van der Waals surface area (Å²) >= 11 is 0. The maximum atomic E-state index is 4.94. The molecule has 0 spiro atoms. The van der Waals surface area contributed by atoms with Crippen molar-refractivity contribution >= 4 is 5.96 Å². The molecule has 3 heteroatoms. The largest absolute Gasteiger partial charge is 0.355 e. The van der Waals surface area contributed by atoms with Gasteiger partial charge in [0.1, 0.15) is 0 Å². The van der Waals surface area contributed by atoms with Crippen LogP contribution in [0.2, 0.25) is 0 Å². The third-order valence-corrected chi connectivity index (χ3v) is 4.27. The Morgan fingerprint density at radius 1 is 0.955 bits per heavy atom. The molecule has 1 aliphatic heterocycles. The zero-order valence-electron chi connectivity index (χ0n) is 13.3. The zero-order chi connectivity index (χ0) is 15.4. The van der Waals surface area contributed by atoms with Gasteiger partial charge in [0, 0.05) is 13.1 Å². The van der Waals surface area contributed by atoms with Crippen molar-refractivity contribution < 1.29 is 0 Å². The Morgan fingerprint density at radius 3 is 2.41 bits per heavy atom. The van der Waals surface area contributed by atoms with Crippen molar-refractivity contribution in [2.24, 2.45) is 4.99 Å². The molecule has 1 saturated heterocycles. The van der Waals surface area contributed by atoms with Crippen molar-refractivity contribution in [3.63, 3.8) is 0 Å². The summed E-state index contributed by atoms with van der Waals surface area (Å²) in [4.78, 5) is 4.94. The van der Waals surface area contributed by atoms with E-state index in [1.165, 1.54) is 22.3 Å². The van der Waals surface area contributed by atoms with Gasteiger partial charge < -0.3 is 10.6 Å². The number of nitrogens with zero attached hydrogens (tertiary/aromatic N) is 1. The Morgan fingerprint density at radius 2 is 1.68 bits per heavy atom. The van der Waals surface area contributed by atoms with Crippen molar-refractivity contribution in [3.05, 3.63) is 70.8 Å². The molecule has 2 aromatic rings. The quantitative estimate of drug-likeness (QED) is 0.908. The first kappa shape index (κ1) is 14.6. The van der Waals surface area contributed by atoms with Crippen molar-refractivity contribution in [3.8, 4) is 0 Å². The van der Waals surface area contributed by atoms with Crippen LogP contribution in [0.25, 0.3) is 0 Å². The van der Waals surface area contributed by atoms with Gasteiger partial charge in [0.2, 0.25) is 0 Å². The van der Waals surface area contributed by atoms with Crippen LogP contribution in [0.1, 0.15) is 28.3 Å². The maximum absolute atomic E-state index is 4.94. The van der Waals surface area contributed by atoms with Gasteiger partial charge in [-0.3, -0.25) is 0 Å². The lowest BCUT2D eigenvalue weighted by Gasteiger charge is -2.18. The molecule has 1 fully saturated rings. The second kappa shape index (κ2) is 6.65. The van der Waals surface area contributed by atoms with E-state index in [4.69, 9.17) is 4.99 Å². The van der Waals surface area contributed by atoms with E-state index in [0.29, 0.717) is 0 Å². The van der Waals surface area contributed by atoms with E-state index in [0.717, 1.165) is 25.5 Å². The summed E-state index contributed by atoms with van der Waals surface area (Å²) in [5.41, 5.74) is 5.29. The van der Waals surface area contributed by atoms with E-state index < -0.39 is 0 Å². The lowest BCUT2D eigenvalue weighted by Crippen LogP contribution is -2.25. The highest BCUT2D eigenvalue weighted by Gasteiger charge is 2.17. The summed E-state index contributed by atoms with van der Waals surface area (Å²) in [5, 5.41) is 6.63. The van der Waals surface area contributed by atoms with Crippen molar-refractivity contribution in [1.29, 1.82) is 0 Å². The molecule has 0 amide bonds. The van der Waals surface area contributed by atoms with Gasteiger partial charge in [-0.15, -0.1) is 0 Å². The summed E-state index contributed by atoms with van der Waals surface area (Å²) in [5.74, 6) is 0.918. The van der Waals surface area contributed by atoms with E-state index >= 15 is 0 Å². The highest BCUT2D eigenvalue weighted by molar-refractivity contribution is 5.81. The number of rotatable bonds is 4. The number of nitrogens with one attached hydrogen (secondary N) is 2. The van der Waals surface area contributed by atoms with Crippen LogP contribution in [0.15, 0.2) is 53.5 Å². The molecule has 1 unspecified atom stereocenters. The van der Waals surface area contributed by atoms with E-state index in [-0.39, 0.29) is 6.04 Å².